The molecule has 0 saturated heterocycles. The zero-order valence-electron chi connectivity index (χ0n) is 10.9. The Bertz CT molecular complexity index is 755. The van der Waals surface area contributed by atoms with E-state index in [0.29, 0.717) is 16.9 Å². The highest BCUT2D eigenvalue weighted by Gasteiger charge is 2.15. The summed E-state index contributed by atoms with van der Waals surface area (Å²) in [6.07, 6.45) is -0.773. The molecule has 0 aliphatic rings. The van der Waals surface area contributed by atoms with Gasteiger partial charge in [-0.3, -0.25) is 0 Å². The Labute approximate surface area is 134 Å². The predicted molar refractivity (Wildman–Crippen MR) is 86.0 cm³/mol. The lowest BCUT2D eigenvalue weighted by molar-refractivity contribution is 0.176. The largest absolute Gasteiger partial charge is 0.455 e. The summed E-state index contributed by atoms with van der Waals surface area (Å²) in [5.74, 6) is 0.425. The number of aliphatic hydroxyl groups is 1. The van der Waals surface area contributed by atoms with Crippen LogP contribution in [0.4, 0.5) is 4.39 Å². The van der Waals surface area contributed by atoms with E-state index in [-0.39, 0.29) is 5.58 Å². The molecule has 1 unspecified atom stereocenters. The van der Waals surface area contributed by atoms with Gasteiger partial charge in [0.1, 0.15) is 11.9 Å². The second kappa shape index (κ2) is 6.22. The number of halogens is 2. The van der Waals surface area contributed by atoms with E-state index in [1.807, 2.05) is 24.3 Å². The van der Waals surface area contributed by atoms with E-state index in [1.165, 1.54) is 17.8 Å². The first-order valence-electron chi connectivity index (χ1n) is 6.38. The van der Waals surface area contributed by atoms with Gasteiger partial charge >= 0.3 is 0 Å². The number of furan rings is 1. The van der Waals surface area contributed by atoms with E-state index >= 15 is 0 Å². The molecule has 0 bridgehead atoms. The summed E-state index contributed by atoms with van der Waals surface area (Å²) in [5.41, 5.74) is 0.195. The van der Waals surface area contributed by atoms with E-state index in [4.69, 9.17) is 4.42 Å². The molecular formula is C16H12BrFO2S. The maximum Gasteiger partial charge on any atom is 0.170 e. The fourth-order valence-corrected chi connectivity index (χ4v) is 3.11. The van der Waals surface area contributed by atoms with Gasteiger partial charge in [-0.25, -0.2) is 4.39 Å². The zero-order valence-corrected chi connectivity index (χ0v) is 13.3. The van der Waals surface area contributed by atoms with Crippen LogP contribution < -0.4 is 0 Å². The summed E-state index contributed by atoms with van der Waals surface area (Å²) in [6.45, 7) is 0. The monoisotopic (exact) mass is 366 g/mol. The van der Waals surface area contributed by atoms with Crippen molar-refractivity contribution >= 4 is 38.7 Å². The lowest BCUT2D eigenvalue weighted by atomic mass is 10.2. The molecule has 1 atom stereocenters. The van der Waals surface area contributed by atoms with Gasteiger partial charge in [0.05, 0.1) is 0 Å². The number of thioether (sulfide) groups is 1. The van der Waals surface area contributed by atoms with Crippen LogP contribution in [0.25, 0.3) is 11.0 Å². The van der Waals surface area contributed by atoms with Gasteiger partial charge in [0.2, 0.25) is 0 Å². The van der Waals surface area contributed by atoms with Crippen LogP contribution in [0.1, 0.15) is 11.9 Å². The topological polar surface area (TPSA) is 33.4 Å². The average Bonchev–Trinajstić information content (AvgIpc) is 2.92. The molecule has 0 radical (unpaired) electrons. The third kappa shape index (κ3) is 3.31. The second-order valence-electron chi connectivity index (χ2n) is 4.59. The van der Waals surface area contributed by atoms with Gasteiger partial charge in [-0.1, -0.05) is 28.1 Å². The van der Waals surface area contributed by atoms with Crippen molar-refractivity contribution in [3.63, 3.8) is 0 Å². The number of fused-ring (bicyclic) bond motifs is 1. The maximum atomic E-state index is 13.6. The van der Waals surface area contributed by atoms with Crippen molar-refractivity contribution in [1.29, 1.82) is 0 Å². The first-order valence-corrected chi connectivity index (χ1v) is 8.16. The zero-order chi connectivity index (χ0) is 14.8. The lowest BCUT2D eigenvalue weighted by Crippen LogP contribution is -1.98. The Morgan fingerprint density at radius 2 is 1.95 bits per heavy atom. The van der Waals surface area contributed by atoms with Crippen molar-refractivity contribution in [2.75, 3.05) is 5.75 Å². The van der Waals surface area contributed by atoms with Gasteiger partial charge in [-0.2, -0.15) is 0 Å². The van der Waals surface area contributed by atoms with Gasteiger partial charge in [-0.05, 0) is 36.4 Å². The minimum Gasteiger partial charge on any atom is -0.455 e. The van der Waals surface area contributed by atoms with Crippen LogP contribution in [0.5, 0.6) is 0 Å². The number of hydrogen-bond donors (Lipinski definition) is 1. The SMILES string of the molecule is OC(CSc1ccc(Br)cc1)c1cc2cccc(F)c2o1. The Morgan fingerprint density at radius 1 is 1.19 bits per heavy atom. The van der Waals surface area contributed by atoms with E-state index in [0.717, 1.165) is 9.37 Å². The highest BCUT2D eigenvalue weighted by atomic mass is 79.9. The molecular weight excluding hydrogens is 355 g/mol. The summed E-state index contributed by atoms with van der Waals surface area (Å²) < 4.78 is 20.0. The van der Waals surface area contributed by atoms with Crippen molar-refractivity contribution in [2.24, 2.45) is 0 Å². The molecule has 0 spiro atoms. The van der Waals surface area contributed by atoms with Crippen LogP contribution in [0.3, 0.4) is 0 Å². The van der Waals surface area contributed by atoms with Gasteiger partial charge in [0, 0.05) is 20.5 Å². The molecule has 0 aliphatic carbocycles. The molecule has 108 valence electrons. The molecule has 1 heterocycles. The van der Waals surface area contributed by atoms with Crippen LogP contribution in [0.2, 0.25) is 0 Å². The molecule has 1 aromatic heterocycles. The third-order valence-electron chi connectivity index (χ3n) is 3.07. The summed E-state index contributed by atoms with van der Waals surface area (Å²) >= 11 is 4.90. The fourth-order valence-electron chi connectivity index (χ4n) is 2.00. The van der Waals surface area contributed by atoms with Crippen LogP contribution in [0, 0.1) is 5.82 Å². The number of hydrogen-bond acceptors (Lipinski definition) is 3. The predicted octanol–water partition coefficient (Wildman–Crippen LogP) is 5.16. The van der Waals surface area contributed by atoms with Crippen molar-refractivity contribution in [2.45, 2.75) is 11.0 Å². The smallest absolute Gasteiger partial charge is 0.170 e. The van der Waals surface area contributed by atoms with Gasteiger partial charge in [-0.15, -0.1) is 11.8 Å². The Morgan fingerprint density at radius 3 is 2.67 bits per heavy atom. The quantitative estimate of drug-likeness (QED) is 0.647. The summed E-state index contributed by atoms with van der Waals surface area (Å²) in [4.78, 5) is 1.06. The standard InChI is InChI=1S/C16H12BrFO2S/c17-11-4-6-12(7-5-11)21-9-14(19)15-8-10-2-1-3-13(18)16(10)20-15/h1-8,14,19H,9H2. The van der Waals surface area contributed by atoms with E-state index in [1.54, 1.807) is 18.2 Å². The minimum atomic E-state index is -0.773. The first kappa shape index (κ1) is 14.6. The molecule has 1 N–H and O–H groups in total. The number of aliphatic hydroxyl groups excluding tert-OH is 1. The highest BCUT2D eigenvalue weighted by Crippen LogP contribution is 2.30. The molecule has 2 aromatic carbocycles. The van der Waals surface area contributed by atoms with Crippen molar-refractivity contribution < 1.29 is 13.9 Å². The average molecular weight is 367 g/mol. The Kier molecular flexibility index (Phi) is 4.33. The van der Waals surface area contributed by atoms with Crippen LogP contribution in [0.15, 0.2) is 62.3 Å². The Hall–Kier alpha value is -1.30. The molecule has 0 saturated carbocycles. The van der Waals surface area contributed by atoms with Gasteiger partial charge in [0.25, 0.3) is 0 Å². The molecule has 0 aliphatic heterocycles. The van der Waals surface area contributed by atoms with Crippen molar-refractivity contribution in [3.8, 4) is 0 Å². The second-order valence-corrected chi connectivity index (χ2v) is 6.60. The summed E-state index contributed by atoms with van der Waals surface area (Å²) in [5, 5.41) is 10.8. The number of para-hydroxylation sites is 1. The molecule has 0 amide bonds. The van der Waals surface area contributed by atoms with Gasteiger partial charge < -0.3 is 9.52 Å². The third-order valence-corrected chi connectivity index (χ3v) is 4.68. The van der Waals surface area contributed by atoms with Gasteiger partial charge in [0.15, 0.2) is 11.4 Å². The molecule has 5 heteroatoms. The Balaban J connectivity index is 1.73. The molecule has 0 fully saturated rings. The van der Waals surface area contributed by atoms with E-state index < -0.39 is 11.9 Å². The number of benzene rings is 2. The lowest BCUT2D eigenvalue weighted by Gasteiger charge is -2.07. The van der Waals surface area contributed by atoms with Crippen LogP contribution in [-0.4, -0.2) is 10.9 Å². The van der Waals surface area contributed by atoms with Crippen LogP contribution in [-0.2, 0) is 0 Å². The van der Waals surface area contributed by atoms with E-state index in [9.17, 15) is 9.50 Å². The molecule has 2 nitrogen and oxygen atoms in total. The molecule has 3 rings (SSSR count). The summed E-state index contributed by atoms with van der Waals surface area (Å²) in [7, 11) is 0. The molecule has 21 heavy (non-hydrogen) atoms. The van der Waals surface area contributed by atoms with Crippen molar-refractivity contribution in [1.82, 2.24) is 0 Å². The highest BCUT2D eigenvalue weighted by molar-refractivity contribution is 9.10. The molecule has 3 aromatic rings. The first-order chi connectivity index (χ1) is 10.1. The fraction of sp³-hybridized carbons (Fsp3) is 0.125. The minimum absolute atomic E-state index is 0.195. The number of rotatable bonds is 4. The van der Waals surface area contributed by atoms with Crippen molar-refractivity contribution in [3.05, 3.63) is 64.6 Å². The van der Waals surface area contributed by atoms with E-state index in [2.05, 4.69) is 15.9 Å². The van der Waals surface area contributed by atoms with Crippen LogP contribution >= 0.6 is 27.7 Å². The normalized spacial score (nSPS) is 12.7. The maximum absolute atomic E-state index is 13.6. The summed E-state index contributed by atoms with van der Waals surface area (Å²) in [6, 6.07) is 14.3.